The zero-order valence-electron chi connectivity index (χ0n) is 25.1. The Bertz CT molecular complexity index is 667. The van der Waals surface area contributed by atoms with Crippen molar-refractivity contribution in [3.8, 4) is 5.75 Å². The first-order valence-corrected chi connectivity index (χ1v) is 15.9. The van der Waals surface area contributed by atoms with Crippen LogP contribution in [0.25, 0.3) is 0 Å². The van der Waals surface area contributed by atoms with Crippen LogP contribution < -0.4 is 5.32 Å². The molecule has 1 aromatic rings. The quantitative estimate of drug-likeness (QED) is 0.134. The Labute approximate surface area is 230 Å². The molecule has 1 unspecified atom stereocenters. The Hall–Kier alpha value is -1.51. The van der Waals surface area contributed by atoms with E-state index in [1.165, 1.54) is 108 Å². The van der Waals surface area contributed by atoms with E-state index in [2.05, 4.69) is 33.0 Å². The van der Waals surface area contributed by atoms with Crippen LogP contribution in [0, 0.1) is 0 Å². The van der Waals surface area contributed by atoms with Gasteiger partial charge < -0.3 is 10.4 Å². The largest absolute Gasteiger partial charge is 0.508 e. The van der Waals surface area contributed by atoms with E-state index in [0.29, 0.717) is 12.2 Å². The lowest BCUT2D eigenvalue weighted by atomic mass is 9.80. The summed E-state index contributed by atoms with van der Waals surface area (Å²) in [6.07, 6.45) is 27.0. The summed E-state index contributed by atoms with van der Waals surface area (Å²) in [5.74, 6) is 0.529. The summed E-state index contributed by atoms with van der Waals surface area (Å²) in [6, 6.07) is 7.78. The first-order valence-electron chi connectivity index (χ1n) is 15.9. The van der Waals surface area contributed by atoms with Gasteiger partial charge in [-0.2, -0.15) is 0 Å². The molecule has 37 heavy (non-hydrogen) atoms. The molecule has 0 heterocycles. The average Bonchev–Trinajstić information content (AvgIpc) is 2.86. The van der Waals surface area contributed by atoms with E-state index in [0.717, 1.165) is 25.7 Å². The molecular formula is C34H61NO2. The number of hydrogen-bond acceptors (Lipinski definition) is 2. The van der Waals surface area contributed by atoms with Crippen molar-refractivity contribution in [2.24, 2.45) is 0 Å². The summed E-state index contributed by atoms with van der Waals surface area (Å²) in [5.41, 5.74) is 1.32. The van der Waals surface area contributed by atoms with Gasteiger partial charge in [-0.25, -0.2) is 0 Å². The minimum absolute atomic E-state index is 0.0741. The standard InChI is InChI=1S/C34H61NO2/c1-5-6-7-8-9-10-11-12-13-14-15-16-17-18-19-20-21-24-33(37)35-30(2)23-22-29-34(3,4)31-25-27-32(36)28-26-31/h25-28,30,36H,5-24,29H2,1-4H3,(H,35,37). The van der Waals surface area contributed by atoms with E-state index in [1.807, 2.05) is 12.1 Å². The normalized spacial score (nSPS) is 12.5. The molecule has 0 aliphatic rings. The van der Waals surface area contributed by atoms with Crippen molar-refractivity contribution in [1.82, 2.24) is 5.32 Å². The monoisotopic (exact) mass is 515 g/mol. The first kappa shape index (κ1) is 33.5. The first-order chi connectivity index (χ1) is 17.8. The molecular weight excluding hydrogens is 454 g/mol. The Morgan fingerprint density at radius 3 is 1.62 bits per heavy atom. The van der Waals surface area contributed by atoms with Crippen LogP contribution in [-0.2, 0) is 10.2 Å². The van der Waals surface area contributed by atoms with Crippen LogP contribution in [0.2, 0.25) is 0 Å². The summed E-state index contributed by atoms with van der Waals surface area (Å²) >= 11 is 0. The van der Waals surface area contributed by atoms with Gasteiger partial charge in [-0.15, -0.1) is 0 Å². The summed E-state index contributed by atoms with van der Waals surface area (Å²) in [4.78, 5) is 12.3. The van der Waals surface area contributed by atoms with Crippen LogP contribution in [-0.4, -0.2) is 17.1 Å². The third kappa shape index (κ3) is 18.4. The summed E-state index contributed by atoms with van der Waals surface area (Å²) in [6.45, 7) is 8.91. The minimum Gasteiger partial charge on any atom is -0.508 e. The van der Waals surface area contributed by atoms with Gasteiger partial charge in [0.25, 0.3) is 0 Å². The molecule has 3 heteroatoms. The van der Waals surface area contributed by atoms with Crippen molar-refractivity contribution in [2.45, 2.75) is 174 Å². The van der Waals surface area contributed by atoms with Gasteiger partial charge in [-0.05, 0) is 49.3 Å². The van der Waals surface area contributed by atoms with Crippen LogP contribution in [0.4, 0.5) is 0 Å². The van der Waals surface area contributed by atoms with Gasteiger partial charge >= 0.3 is 0 Å². The molecule has 0 aromatic heterocycles. The molecule has 1 amide bonds. The van der Waals surface area contributed by atoms with E-state index in [-0.39, 0.29) is 17.4 Å². The fraction of sp³-hybridized carbons (Fsp3) is 0.794. The van der Waals surface area contributed by atoms with E-state index >= 15 is 0 Å². The molecule has 0 spiro atoms. The van der Waals surface area contributed by atoms with Gasteiger partial charge in [-0.3, -0.25) is 4.79 Å². The Balaban J connectivity index is 1.90. The van der Waals surface area contributed by atoms with Gasteiger partial charge in [0.05, 0.1) is 0 Å². The van der Waals surface area contributed by atoms with E-state index in [1.54, 1.807) is 12.1 Å². The number of phenols is 1. The molecule has 214 valence electrons. The van der Waals surface area contributed by atoms with Crippen molar-refractivity contribution >= 4 is 5.91 Å². The highest BCUT2D eigenvalue weighted by Gasteiger charge is 2.20. The second kappa shape index (κ2) is 21.4. The Morgan fingerprint density at radius 2 is 1.16 bits per heavy atom. The number of nitrogens with one attached hydrogen (secondary N) is 1. The summed E-state index contributed by atoms with van der Waals surface area (Å²) < 4.78 is 0. The van der Waals surface area contributed by atoms with Gasteiger partial charge in [-0.1, -0.05) is 142 Å². The predicted octanol–water partition coefficient (Wildman–Crippen LogP) is 10.4. The molecule has 0 saturated heterocycles. The second-order valence-corrected chi connectivity index (χ2v) is 12.2. The average molecular weight is 516 g/mol. The molecule has 0 fully saturated rings. The van der Waals surface area contributed by atoms with Crippen molar-refractivity contribution in [2.75, 3.05) is 0 Å². The number of unbranched alkanes of at least 4 members (excludes halogenated alkanes) is 16. The number of benzene rings is 1. The maximum atomic E-state index is 12.3. The highest BCUT2D eigenvalue weighted by Crippen LogP contribution is 2.30. The van der Waals surface area contributed by atoms with Crippen molar-refractivity contribution < 1.29 is 9.90 Å². The Morgan fingerprint density at radius 1 is 0.730 bits per heavy atom. The lowest BCUT2D eigenvalue weighted by Gasteiger charge is -2.26. The third-order valence-corrected chi connectivity index (χ3v) is 8.00. The number of carbonyl (C=O) groups is 1. The summed E-state index contributed by atoms with van der Waals surface area (Å²) in [5, 5.41) is 12.7. The molecule has 2 N–H and O–H groups in total. The van der Waals surface area contributed by atoms with Crippen LogP contribution >= 0.6 is 0 Å². The van der Waals surface area contributed by atoms with Crippen LogP contribution in [0.1, 0.15) is 168 Å². The maximum absolute atomic E-state index is 12.3. The maximum Gasteiger partial charge on any atom is 0.220 e. The molecule has 1 aromatic carbocycles. The Kier molecular flexibility index (Phi) is 19.4. The lowest BCUT2D eigenvalue weighted by Crippen LogP contribution is -2.32. The van der Waals surface area contributed by atoms with Crippen molar-refractivity contribution in [3.63, 3.8) is 0 Å². The van der Waals surface area contributed by atoms with Crippen LogP contribution in [0.3, 0.4) is 0 Å². The lowest BCUT2D eigenvalue weighted by molar-refractivity contribution is -0.121. The number of phenolic OH excluding ortho intramolecular Hbond substituents is 1. The molecule has 1 atom stereocenters. The van der Waals surface area contributed by atoms with Crippen molar-refractivity contribution in [1.29, 1.82) is 0 Å². The zero-order valence-corrected chi connectivity index (χ0v) is 25.1. The van der Waals surface area contributed by atoms with Gasteiger partial charge in [0.15, 0.2) is 0 Å². The molecule has 0 bridgehead atoms. The number of aromatic hydroxyl groups is 1. The van der Waals surface area contributed by atoms with Crippen molar-refractivity contribution in [3.05, 3.63) is 29.8 Å². The number of rotatable bonds is 24. The molecule has 0 aliphatic heterocycles. The number of carbonyl (C=O) groups excluding carboxylic acids is 1. The molecule has 0 radical (unpaired) electrons. The topological polar surface area (TPSA) is 49.3 Å². The van der Waals surface area contributed by atoms with Crippen LogP contribution in [0.15, 0.2) is 24.3 Å². The summed E-state index contributed by atoms with van der Waals surface area (Å²) in [7, 11) is 0. The number of hydrogen-bond donors (Lipinski definition) is 2. The fourth-order valence-electron chi connectivity index (χ4n) is 5.34. The van der Waals surface area contributed by atoms with Gasteiger partial charge in [0.1, 0.15) is 5.75 Å². The molecule has 1 rings (SSSR count). The fourth-order valence-corrected chi connectivity index (χ4v) is 5.34. The van der Waals surface area contributed by atoms with E-state index in [9.17, 15) is 9.90 Å². The highest BCUT2D eigenvalue weighted by atomic mass is 16.3. The van der Waals surface area contributed by atoms with Crippen LogP contribution in [0.5, 0.6) is 5.75 Å². The predicted molar refractivity (Wildman–Crippen MR) is 161 cm³/mol. The van der Waals surface area contributed by atoms with E-state index in [4.69, 9.17) is 0 Å². The minimum atomic E-state index is 0.0741. The molecule has 3 nitrogen and oxygen atoms in total. The molecule has 0 saturated carbocycles. The van der Waals surface area contributed by atoms with Gasteiger partial charge in [0, 0.05) is 12.5 Å². The third-order valence-electron chi connectivity index (χ3n) is 8.00. The molecule has 0 aliphatic carbocycles. The SMILES string of the molecule is CCCCCCCCCCCCCCCCCCCC(=O)NC(C)CCCC(C)(C)c1ccc(O)cc1. The van der Waals surface area contributed by atoms with E-state index < -0.39 is 0 Å². The second-order valence-electron chi connectivity index (χ2n) is 12.2. The highest BCUT2D eigenvalue weighted by molar-refractivity contribution is 5.76. The smallest absolute Gasteiger partial charge is 0.220 e. The zero-order chi connectivity index (χ0) is 27.2. The van der Waals surface area contributed by atoms with Gasteiger partial charge in [0.2, 0.25) is 5.91 Å². The number of amides is 1.